The first-order chi connectivity index (χ1) is 7.25. The standard InChI is InChI=1S/C11H9BrINS/c12-10-4-5-15-11(10)7-14-9-3-1-2-8(13)6-9/h1-6,14H,7H2. The van der Waals surface area contributed by atoms with Gasteiger partial charge in [0.2, 0.25) is 0 Å². The fourth-order valence-corrected chi connectivity index (χ4v) is 3.21. The Bertz CT molecular complexity index is 455. The molecule has 0 bridgehead atoms. The van der Waals surface area contributed by atoms with Gasteiger partial charge in [0.1, 0.15) is 0 Å². The number of anilines is 1. The summed E-state index contributed by atoms with van der Waals surface area (Å²) in [7, 11) is 0. The van der Waals surface area contributed by atoms with Crippen molar-refractivity contribution in [2.75, 3.05) is 5.32 Å². The molecule has 1 nitrogen and oxygen atoms in total. The zero-order valence-electron chi connectivity index (χ0n) is 7.84. The maximum Gasteiger partial charge on any atom is 0.0505 e. The number of rotatable bonds is 3. The van der Waals surface area contributed by atoms with Crippen LogP contribution in [0, 0.1) is 3.57 Å². The van der Waals surface area contributed by atoms with Crippen molar-refractivity contribution in [2.24, 2.45) is 0 Å². The molecule has 4 heteroatoms. The molecule has 1 aromatic heterocycles. The molecular weight excluding hydrogens is 385 g/mol. The van der Waals surface area contributed by atoms with Crippen LogP contribution in [0.15, 0.2) is 40.2 Å². The molecule has 1 heterocycles. The average molecular weight is 394 g/mol. The smallest absolute Gasteiger partial charge is 0.0505 e. The lowest BCUT2D eigenvalue weighted by molar-refractivity contribution is 1.18. The summed E-state index contributed by atoms with van der Waals surface area (Å²) in [5, 5.41) is 5.50. The first kappa shape index (κ1) is 11.4. The summed E-state index contributed by atoms with van der Waals surface area (Å²) in [6.45, 7) is 0.873. The van der Waals surface area contributed by atoms with E-state index in [-0.39, 0.29) is 0 Å². The minimum absolute atomic E-state index is 0.873. The second-order valence-corrected chi connectivity index (χ2v) is 6.16. The van der Waals surface area contributed by atoms with Gasteiger partial charge in [0.25, 0.3) is 0 Å². The van der Waals surface area contributed by atoms with Crippen molar-refractivity contribution in [3.63, 3.8) is 0 Å². The van der Waals surface area contributed by atoms with E-state index in [0.717, 1.165) is 6.54 Å². The molecule has 78 valence electrons. The van der Waals surface area contributed by atoms with Crippen molar-refractivity contribution >= 4 is 55.5 Å². The number of halogens is 2. The van der Waals surface area contributed by atoms with Crippen LogP contribution in [0.2, 0.25) is 0 Å². The molecule has 0 aliphatic carbocycles. The molecule has 0 spiro atoms. The molecular formula is C11H9BrINS. The van der Waals surface area contributed by atoms with Crippen LogP contribution in [0.4, 0.5) is 5.69 Å². The van der Waals surface area contributed by atoms with E-state index in [1.807, 2.05) is 0 Å². The van der Waals surface area contributed by atoms with Crippen LogP contribution in [0.25, 0.3) is 0 Å². The van der Waals surface area contributed by atoms with E-state index in [1.165, 1.54) is 18.6 Å². The van der Waals surface area contributed by atoms with Crippen molar-refractivity contribution < 1.29 is 0 Å². The molecule has 0 saturated heterocycles. The van der Waals surface area contributed by atoms with Crippen LogP contribution in [0.1, 0.15) is 4.88 Å². The van der Waals surface area contributed by atoms with Crippen molar-refractivity contribution in [1.82, 2.24) is 0 Å². The zero-order valence-corrected chi connectivity index (χ0v) is 12.4. The van der Waals surface area contributed by atoms with Gasteiger partial charge in [0, 0.05) is 18.6 Å². The van der Waals surface area contributed by atoms with E-state index in [2.05, 4.69) is 79.5 Å². The summed E-state index contributed by atoms with van der Waals surface area (Å²) in [5.74, 6) is 0. The number of nitrogens with one attached hydrogen (secondary N) is 1. The minimum atomic E-state index is 0.873. The molecule has 0 aliphatic heterocycles. The maximum absolute atomic E-state index is 3.52. The Morgan fingerprint density at radius 3 is 2.87 bits per heavy atom. The topological polar surface area (TPSA) is 12.0 Å². The predicted molar refractivity (Wildman–Crippen MR) is 78.5 cm³/mol. The van der Waals surface area contributed by atoms with Crippen LogP contribution in [0.3, 0.4) is 0 Å². The Hall–Kier alpha value is -0.0700. The van der Waals surface area contributed by atoms with Gasteiger partial charge in [-0.2, -0.15) is 0 Å². The summed E-state index contributed by atoms with van der Waals surface area (Å²) in [5.41, 5.74) is 1.17. The molecule has 0 unspecified atom stereocenters. The van der Waals surface area contributed by atoms with Crippen molar-refractivity contribution in [2.45, 2.75) is 6.54 Å². The van der Waals surface area contributed by atoms with E-state index in [1.54, 1.807) is 11.3 Å². The van der Waals surface area contributed by atoms with E-state index in [4.69, 9.17) is 0 Å². The second-order valence-electron chi connectivity index (χ2n) is 3.06. The van der Waals surface area contributed by atoms with Gasteiger partial charge in [-0.1, -0.05) is 6.07 Å². The van der Waals surface area contributed by atoms with E-state index < -0.39 is 0 Å². The third kappa shape index (κ3) is 3.19. The molecule has 0 amide bonds. The van der Waals surface area contributed by atoms with E-state index >= 15 is 0 Å². The second kappa shape index (κ2) is 5.32. The normalized spacial score (nSPS) is 10.3. The van der Waals surface area contributed by atoms with Gasteiger partial charge in [-0.15, -0.1) is 11.3 Å². The molecule has 0 radical (unpaired) electrons. The summed E-state index contributed by atoms with van der Waals surface area (Å²) < 4.78 is 2.44. The van der Waals surface area contributed by atoms with Gasteiger partial charge in [0.05, 0.1) is 6.54 Å². The highest BCUT2D eigenvalue weighted by Gasteiger charge is 2.00. The Labute approximate surface area is 115 Å². The largest absolute Gasteiger partial charge is 0.380 e. The minimum Gasteiger partial charge on any atom is -0.380 e. The molecule has 2 aromatic rings. The summed E-state index contributed by atoms with van der Waals surface area (Å²) in [4.78, 5) is 1.33. The number of hydrogen-bond acceptors (Lipinski definition) is 2. The Balaban J connectivity index is 2.02. The van der Waals surface area contributed by atoms with Gasteiger partial charge in [0.15, 0.2) is 0 Å². The molecule has 1 aromatic carbocycles. The zero-order chi connectivity index (χ0) is 10.7. The van der Waals surface area contributed by atoms with Crippen molar-refractivity contribution in [1.29, 1.82) is 0 Å². The summed E-state index contributed by atoms with van der Waals surface area (Å²) >= 11 is 7.60. The predicted octanol–water partition coefficient (Wildman–Crippen LogP) is 4.73. The number of thiophene rings is 1. The first-order valence-electron chi connectivity index (χ1n) is 4.47. The highest BCUT2D eigenvalue weighted by atomic mass is 127. The monoisotopic (exact) mass is 393 g/mol. The molecule has 0 atom stereocenters. The van der Waals surface area contributed by atoms with Gasteiger partial charge in [-0.3, -0.25) is 0 Å². The average Bonchev–Trinajstić information content (AvgIpc) is 2.61. The maximum atomic E-state index is 3.52. The SMILES string of the molecule is Brc1ccsc1CNc1cccc(I)c1. The highest BCUT2D eigenvalue weighted by molar-refractivity contribution is 14.1. The molecule has 0 fully saturated rings. The van der Waals surface area contributed by atoms with Crippen LogP contribution >= 0.6 is 49.9 Å². The first-order valence-corrected chi connectivity index (χ1v) is 7.22. The molecule has 0 aliphatic rings. The van der Waals surface area contributed by atoms with Gasteiger partial charge in [-0.25, -0.2) is 0 Å². The van der Waals surface area contributed by atoms with Crippen molar-refractivity contribution in [3.05, 3.63) is 48.6 Å². The quantitative estimate of drug-likeness (QED) is 0.743. The van der Waals surface area contributed by atoms with Crippen LogP contribution in [-0.4, -0.2) is 0 Å². The summed E-state index contributed by atoms with van der Waals surface area (Å²) in [6, 6.07) is 10.5. The van der Waals surface area contributed by atoms with Crippen LogP contribution in [-0.2, 0) is 6.54 Å². The van der Waals surface area contributed by atoms with E-state index in [0.29, 0.717) is 0 Å². The fourth-order valence-electron chi connectivity index (χ4n) is 1.23. The van der Waals surface area contributed by atoms with Crippen molar-refractivity contribution in [3.8, 4) is 0 Å². The molecule has 15 heavy (non-hydrogen) atoms. The number of hydrogen-bond donors (Lipinski definition) is 1. The lowest BCUT2D eigenvalue weighted by atomic mass is 10.3. The van der Waals surface area contributed by atoms with Gasteiger partial charge >= 0.3 is 0 Å². The third-order valence-corrected chi connectivity index (χ3v) is 4.57. The third-order valence-electron chi connectivity index (χ3n) is 1.97. The van der Waals surface area contributed by atoms with Crippen LogP contribution < -0.4 is 5.32 Å². The Kier molecular flexibility index (Phi) is 4.05. The molecule has 2 rings (SSSR count). The summed E-state index contributed by atoms with van der Waals surface area (Å²) in [6.07, 6.45) is 0. The van der Waals surface area contributed by atoms with Gasteiger partial charge < -0.3 is 5.32 Å². The lowest BCUT2D eigenvalue weighted by Crippen LogP contribution is -1.97. The fraction of sp³-hybridized carbons (Fsp3) is 0.0909. The van der Waals surface area contributed by atoms with E-state index in [9.17, 15) is 0 Å². The lowest BCUT2D eigenvalue weighted by Gasteiger charge is -2.05. The Morgan fingerprint density at radius 1 is 1.33 bits per heavy atom. The number of benzene rings is 1. The van der Waals surface area contributed by atoms with Crippen LogP contribution in [0.5, 0.6) is 0 Å². The highest BCUT2D eigenvalue weighted by Crippen LogP contribution is 2.23. The molecule has 1 N–H and O–H groups in total. The molecule has 0 saturated carbocycles. The van der Waals surface area contributed by atoms with Gasteiger partial charge in [-0.05, 0) is 68.2 Å². The Morgan fingerprint density at radius 2 is 2.20 bits per heavy atom.